The molecule has 1 aromatic heterocycles. The van der Waals surface area contributed by atoms with Gasteiger partial charge in [-0.1, -0.05) is 54.2 Å². The number of nitrogens with zero attached hydrogens (tertiary/aromatic N) is 3. The molecule has 0 radical (unpaired) electrons. The van der Waals surface area contributed by atoms with E-state index in [-0.39, 0.29) is 17.4 Å². The van der Waals surface area contributed by atoms with Crippen LogP contribution in [-0.2, 0) is 4.79 Å². The molecule has 2 aromatic carbocycles. The lowest BCUT2D eigenvalue weighted by molar-refractivity contribution is -0.113. The topological polar surface area (TPSA) is 76.9 Å². The first kappa shape index (κ1) is 19.1. The normalized spacial score (nSPS) is 15.7. The molecule has 0 saturated heterocycles. The van der Waals surface area contributed by atoms with E-state index in [1.807, 2.05) is 24.3 Å². The maximum absolute atomic E-state index is 12.8. The number of amides is 1. The largest absolute Gasteiger partial charge is 0.325 e. The summed E-state index contributed by atoms with van der Waals surface area (Å²) in [5.41, 5.74) is 1.61. The molecular formula is C23H22N4O2S. The highest BCUT2D eigenvalue weighted by molar-refractivity contribution is 7.99. The quantitative estimate of drug-likeness (QED) is 0.432. The van der Waals surface area contributed by atoms with Crippen molar-refractivity contribution in [2.45, 2.75) is 42.8 Å². The lowest BCUT2D eigenvalue weighted by atomic mass is 10.0. The molecule has 0 unspecified atom stereocenters. The molecule has 0 spiro atoms. The molecule has 1 amide bonds. The number of benzene rings is 2. The summed E-state index contributed by atoms with van der Waals surface area (Å²) in [4.78, 5) is 25.5. The van der Waals surface area contributed by atoms with Crippen molar-refractivity contribution in [1.29, 1.82) is 0 Å². The second-order valence-corrected chi connectivity index (χ2v) is 8.74. The van der Waals surface area contributed by atoms with Gasteiger partial charge < -0.3 is 9.88 Å². The fourth-order valence-electron chi connectivity index (χ4n) is 3.53. The zero-order chi connectivity index (χ0) is 20.5. The van der Waals surface area contributed by atoms with E-state index in [1.165, 1.54) is 24.6 Å². The molecule has 0 aliphatic heterocycles. The highest BCUT2D eigenvalue weighted by atomic mass is 32.2. The number of para-hydroxylation sites is 1. The fourth-order valence-corrected chi connectivity index (χ4v) is 4.35. The molecule has 152 valence electrons. The van der Waals surface area contributed by atoms with Gasteiger partial charge >= 0.3 is 0 Å². The number of thioether (sulfide) groups is 1. The van der Waals surface area contributed by atoms with Gasteiger partial charge in [-0.25, -0.2) is 0 Å². The number of nitrogens with one attached hydrogen (secondary N) is 1. The first-order valence-electron chi connectivity index (χ1n) is 10.3. The van der Waals surface area contributed by atoms with Crippen molar-refractivity contribution in [1.82, 2.24) is 14.8 Å². The third-order valence-electron chi connectivity index (χ3n) is 5.36. The monoisotopic (exact) mass is 418 g/mol. The van der Waals surface area contributed by atoms with Gasteiger partial charge in [0.1, 0.15) is 5.82 Å². The third kappa shape index (κ3) is 4.03. The molecule has 2 aliphatic rings. The summed E-state index contributed by atoms with van der Waals surface area (Å²) in [6.07, 6.45) is 4.68. The van der Waals surface area contributed by atoms with Crippen LogP contribution in [0.5, 0.6) is 0 Å². The zero-order valence-corrected chi connectivity index (χ0v) is 17.3. The van der Waals surface area contributed by atoms with Gasteiger partial charge in [0.05, 0.1) is 11.4 Å². The second kappa shape index (κ2) is 8.07. The molecule has 5 rings (SSSR count). The predicted molar refractivity (Wildman–Crippen MR) is 116 cm³/mol. The van der Waals surface area contributed by atoms with E-state index in [2.05, 4.69) is 20.1 Å². The molecule has 0 atom stereocenters. The minimum absolute atomic E-state index is 0.110. The predicted octanol–water partition coefficient (Wildman–Crippen LogP) is 4.45. The summed E-state index contributed by atoms with van der Waals surface area (Å²) in [7, 11) is 0. The maximum atomic E-state index is 12.8. The van der Waals surface area contributed by atoms with Gasteiger partial charge in [0, 0.05) is 23.1 Å². The number of anilines is 1. The highest BCUT2D eigenvalue weighted by Crippen LogP contribution is 2.46. The van der Waals surface area contributed by atoms with Crippen LogP contribution in [0.25, 0.3) is 0 Å². The Kier molecular flexibility index (Phi) is 5.12. The van der Waals surface area contributed by atoms with Crippen molar-refractivity contribution < 1.29 is 9.59 Å². The van der Waals surface area contributed by atoms with E-state index in [0.29, 0.717) is 28.8 Å². The van der Waals surface area contributed by atoms with Gasteiger partial charge in [-0.2, -0.15) is 0 Å². The van der Waals surface area contributed by atoms with E-state index in [9.17, 15) is 9.59 Å². The van der Waals surface area contributed by atoms with Crippen LogP contribution >= 0.6 is 11.8 Å². The molecule has 30 heavy (non-hydrogen) atoms. The van der Waals surface area contributed by atoms with Crippen LogP contribution in [0.4, 0.5) is 5.69 Å². The van der Waals surface area contributed by atoms with E-state index in [1.54, 1.807) is 30.3 Å². The van der Waals surface area contributed by atoms with Crippen molar-refractivity contribution >= 4 is 29.1 Å². The van der Waals surface area contributed by atoms with Crippen LogP contribution in [-0.4, -0.2) is 32.2 Å². The minimum Gasteiger partial charge on any atom is -0.325 e. The third-order valence-corrected chi connectivity index (χ3v) is 6.30. The Balaban J connectivity index is 1.27. The minimum atomic E-state index is -0.161. The summed E-state index contributed by atoms with van der Waals surface area (Å²) in [6, 6.07) is 16.7. The fraction of sp³-hybridized carbons (Fsp3) is 0.304. The average Bonchev–Trinajstić information content (AvgIpc) is 3.71. The van der Waals surface area contributed by atoms with Crippen LogP contribution < -0.4 is 5.32 Å². The Morgan fingerprint density at radius 1 is 0.967 bits per heavy atom. The summed E-state index contributed by atoms with van der Waals surface area (Å²) in [5.74, 6) is 1.58. The molecule has 2 aliphatic carbocycles. The Hall–Kier alpha value is -2.93. The van der Waals surface area contributed by atoms with Gasteiger partial charge in [-0.05, 0) is 37.8 Å². The molecule has 1 heterocycles. The van der Waals surface area contributed by atoms with Gasteiger partial charge in [-0.15, -0.1) is 10.2 Å². The summed E-state index contributed by atoms with van der Waals surface area (Å²) in [6.45, 7) is 0. The summed E-state index contributed by atoms with van der Waals surface area (Å²) in [5, 5.41) is 12.5. The number of rotatable bonds is 8. The van der Waals surface area contributed by atoms with Crippen molar-refractivity contribution in [3.8, 4) is 0 Å². The standard InChI is InChI=1S/C23H22N4O2S/c28-20(14-30-23-26-25-22(16-10-11-16)27(23)17-12-13-17)24-19-9-5-4-8-18(19)21(29)15-6-2-1-3-7-15/h1-9,16-17H,10-14H2,(H,24,28). The number of carbonyl (C=O) groups is 2. The smallest absolute Gasteiger partial charge is 0.234 e. The van der Waals surface area contributed by atoms with Crippen LogP contribution in [0.3, 0.4) is 0 Å². The van der Waals surface area contributed by atoms with Gasteiger partial charge in [-0.3, -0.25) is 9.59 Å². The van der Waals surface area contributed by atoms with Gasteiger partial charge in [0.15, 0.2) is 10.9 Å². The molecule has 1 N–H and O–H groups in total. The Morgan fingerprint density at radius 3 is 2.43 bits per heavy atom. The lowest BCUT2D eigenvalue weighted by Gasteiger charge is -2.11. The van der Waals surface area contributed by atoms with Gasteiger partial charge in [0.2, 0.25) is 5.91 Å². The van der Waals surface area contributed by atoms with Crippen molar-refractivity contribution in [2.75, 3.05) is 11.1 Å². The van der Waals surface area contributed by atoms with Crippen LogP contribution in [0.15, 0.2) is 59.8 Å². The lowest BCUT2D eigenvalue weighted by Crippen LogP contribution is -2.17. The number of aromatic nitrogens is 3. The molecule has 2 fully saturated rings. The van der Waals surface area contributed by atoms with E-state index in [0.717, 1.165) is 23.8 Å². The number of hydrogen-bond donors (Lipinski definition) is 1. The zero-order valence-electron chi connectivity index (χ0n) is 16.5. The summed E-state index contributed by atoms with van der Waals surface area (Å²) >= 11 is 1.41. The molecule has 7 heteroatoms. The van der Waals surface area contributed by atoms with Crippen LogP contribution in [0.1, 0.15) is 59.4 Å². The summed E-state index contributed by atoms with van der Waals surface area (Å²) < 4.78 is 2.24. The Bertz CT molecular complexity index is 1090. The van der Waals surface area contributed by atoms with Crippen molar-refractivity contribution in [2.24, 2.45) is 0 Å². The number of hydrogen-bond acceptors (Lipinski definition) is 5. The Morgan fingerprint density at radius 2 is 1.70 bits per heavy atom. The molecular weight excluding hydrogens is 396 g/mol. The Labute approximate surface area is 179 Å². The van der Waals surface area contributed by atoms with E-state index < -0.39 is 0 Å². The van der Waals surface area contributed by atoms with Crippen LogP contribution in [0.2, 0.25) is 0 Å². The van der Waals surface area contributed by atoms with E-state index >= 15 is 0 Å². The van der Waals surface area contributed by atoms with Crippen molar-refractivity contribution in [3.05, 3.63) is 71.5 Å². The van der Waals surface area contributed by atoms with Crippen molar-refractivity contribution in [3.63, 3.8) is 0 Å². The first-order valence-corrected chi connectivity index (χ1v) is 11.3. The molecule has 2 saturated carbocycles. The van der Waals surface area contributed by atoms with Crippen LogP contribution in [0, 0.1) is 0 Å². The second-order valence-electron chi connectivity index (χ2n) is 7.79. The van der Waals surface area contributed by atoms with Gasteiger partial charge in [0.25, 0.3) is 0 Å². The molecule has 6 nitrogen and oxygen atoms in total. The highest BCUT2D eigenvalue weighted by Gasteiger charge is 2.36. The first-order chi connectivity index (χ1) is 14.7. The SMILES string of the molecule is O=C(CSc1nnc(C2CC2)n1C1CC1)Nc1ccccc1C(=O)c1ccccc1. The molecule has 3 aromatic rings. The number of ketones is 1. The average molecular weight is 419 g/mol. The van der Waals surface area contributed by atoms with E-state index in [4.69, 9.17) is 0 Å². The number of carbonyl (C=O) groups excluding carboxylic acids is 2. The maximum Gasteiger partial charge on any atom is 0.234 e. The molecule has 0 bridgehead atoms.